The fourth-order valence-corrected chi connectivity index (χ4v) is 3.54. The summed E-state index contributed by atoms with van der Waals surface area (Å²) < 4.78 is 26.3. The van der Waals surface area contributed by atoms with Crippen molar-refractivity contribution in [3.05, 3.63) is 65.7 Å². The van der Waals surface area contributed by atoms with E-state index in [-0.39, 0.29) is 23.6 Å². The lowest BCUT2D eigenvalue weighted by atomic mass is 10.0. The summed E-state index contributed by atoms with van der Waals surface area (Å²) in [5.74, 6) is -0.631. The van der Waals surface area contributed by atoms with Gasteiger partial charge in [-0.2, -0.15) is 0 Å². The molecule has 3 rings (SSSR count). The maximum absolute atomic E-state index is 13.2. The Balaban J connectivity index is 1.59. The van der Waals surface area contributed by atoms with Gasteiger partial charge in [-0.25, -0.2) is 8.78 Å². The van der Waals surface area contributed by atoms with E-state index in [4.69, 9.17) is 0 Å². The van der Waals surface area contributed by atoms with Gasteiger partial charge in [0.15, 0.2) is 0 Å². The average molecular weight is 373 g/mol. The van der Waals surface area contributed by atoms with E-state index in [0.29, 0.717) is 0 Å². The number of anilines is 1. The molecule has 1 aliphatic heterocycles. The number of piperidine rings is 1. The second-order valence-corrected chi connectivity index (χ2v) is 7.16. The molecule has 1 N–H and O–H groups in total. The predicted octanol–water partition coefficient (Wildman–Crippen LogP) is 3.35. The van der Waals surface area contributed by atoms with Gasteiger partial charge >= 0.3 is 0 Å². The lowest BCUT2D eigenvalue weighted by Crippen LogP contribution is -2.47. The minimum Gasteiger partial charge on any atom is -0.371 e. The summed E-state index contributed by atoms with van der Waals surface area (Å²) in [5.41, 5.74) is 1.77. The number of carbonyl (C=O) groups is 1. The predicted molar refractivity (Wildman–Crippen MR) is 103 cm³/mol. The Bertz CT molecular complexity index is 754. The quantitative estimate of drug-likeness (QED) is 0.873. The molecule has 0 bridgehead atoms. The van der Waals surface area contributed by atoms with Gasteiger partial charge in [0.05, 0.1) is 0 Å². The van der Waals surface area contributed by atoms with Crippen molar-refractivity contribution in [2.45, 2.75) is 24.9 Å². The molecule has 1 atom stereocenters. The fraction of sp³-hybridized carbons (Fsp3) is 0.381. The number of hydrogen-bond acceptors (Lipinski definition) is 3. The third-order valence-corrected chi connectivity index (χ3v) is 4.98. The summed E-state index contributed by atoms with van der Waals surface area (Å²) >= 11 is 0. The molecule has 2 aromatic rings. The van der Waals surface area contributed by atoms with Gasteiger partial charge in [-0.1, -0.05) is 12.1 Å². The van der Waals surface area contributed by atoms with Crippen LogP contribution in [0.3, 0.4) is 0 Å². The first-order valence-electron chi connectivity index (χ1n) is 9.17. The van der Waals surface area contributed by atoms with Gasteiger partial charge in [-0.3, -0.25) is 9.69 Å². The van der Waals surface area contributed by atoms with Crippen molar-refractivity contribution < 1.29 is 13.6 Å². The number of benzene rings is 2. The summed E-state index contributed by atoms with van der Waals surface area (Å²) in [6, 6.07) is 12.2. The van der Waals surface area contributed by atoms with Crippen LogP contribution in [-0.4, -0.2) is 44.0 Å². The summed E-state index contributed by atoms with van der Waals surface area (Å²) in [7, 11) is 3.68. The first-order valence-corrected chi connectivity index (χ1v) is 9.17. The molecule has 0 aliphatic carbocycles. The molecule has 2 aromatic carbocycles. The zero-order valence-corrected chi connectivity index (χ0v) is 15.7. The van der Waals surface area contributed by atoms with Crippen LogP contribution in [0.25, 0.3) is 0 Å². The van der Waals surface area contributed by atoms with Gasteiger partial charge in [0.2, 0.25) is 5.91 Å². The minimum absolute atomic E-state index is 0.0770. The van der Waals surface area contributed by atoms with E-state index in [1.54, 1.807) is 24.3 Å². The topological polar surface area (TPSA) is 35.6 Å². The van der Waals surface area contributed by atoms with Crippen LogP contribution in [0.2, 0.25) is 0 Å². The molecule has 0 aromatic heterocycles. The van der Waals surface area contributed by atoms with Gasteiger partial charge in [-0.05, 0) is 68.9 Å². The lowest BCUT2D eigenvalue weighted by molar-refractivity contribution is -0.126. The number of nitrogens with zero attached hydrogens (tertiary/aromatic N) is 2. The van der Waals surface area contributed by atoms with Crippen LogP contribution in [0.1, 0.15) is 24.4 Å². The molecule has 27 heavy (non-hydrogen) atoms. The average Bonchev–Trinajstić information content (AvgIpc) is 2.65. The smallest absolute Gasteiger partial charge is 0.242 e. The molecule has 6 heteroatoms. The molecule has 0 unspecified atom stereocenters. The molecular formula is C21H25F2N3O. The third-order valence-electron chi connectivity index (χ3n) is 4.98. The molecule has 4 nitrogen and oxygen atoms in total. The van der Waals surface area contributed by atoms with Crippen LogP contribution in [-0.2, 0) is 4.79 Å². The van der Waals surface area contributed by atoms with Gasteiger partial charge in [0, 0.05) is 24.8 Å². The first kappa shape index (κ1) is 19.3. The van der Waals surface area contributed by atoms with E-state index < -0.39 is 6.04 Å². The van der Waals surface area contributed by atoms with E-state index in [0.717, 1.165) is 37.2 Å². The highest BCUT2D eigenvalue weighted by atomic mass is 19.1. The van der Waals surface area contributed by atoms with Crippen LogP contribution in [0.5, 0.6) is 0 Å². The summed E-state index contributed by atoms with van der Waals surface area (Å²) in [6.07, 6.45) is 1.65. The maximum Gasteiger partial charge on any atom is 0.242 e. The second-order valence-electron chi connectivity index (χ2n) is 7.16. The third kappa shape index (κ3) is 4.83. The van der Waals surface area contributed by atoms with E-state index in [1.807, 2.05) is 19.0 Å². The Labute approximate surface area is 158 Å². The van der Waals surface area contributed by atoms with E-state index in [9.17, 15) is 13.6 Å². The van der Waals surface area contributed by atoms with Crippen molar-refractivity contribution in [3.8, 4) is 0 Å². The highest BCUT2D eigenvalue weighted by Crippen LogP contribution is 2.23. The molecule has 1 fully saturated rings. The molecule has 1 saturated heterocycles. The highest BCUT2D eigenvalue weighted by Gasteiger charge is 2.27. The Hall–Kier alpha value is -2.47. The molecule has 1 heterocycles. The number of hydrogen-bond donors (Lipinski definition) is 1. The number of likely N-dealkylation sites (N-methyl/N-ethyl adjacent to an activating group) is 1. The van der Waals surface area contributed by atoms with Crippen LogP contribution in [0.15, 0.2) is 48.5 Å². The van der Waals surface area contributed by atoms with Crippen molar-refractivity contribution in [1.82, 2.24) is 10.2 Å². The van der Waals surface area contributed by atoms with Gasteiger partial charge in [0.1, 0.15) is 17.7 Å². The number of carbonyl (C=O) groups excluding carboxylic acids is 1. The minimum atomic E-state index is -0.458. The molecule has 0 radical (unpaired) electrons. The Morgan fingerprint density at radius 3 is 2.04 bits per heavy atom. The van der Waals surface area contributed by atoms with Gasteiger partial charge < -0.3 is 10.2 Å². The maximum atomic E-state index is 13.2. The molecular weight excluding hydrogens is 348 g/mol. The van der Waals surface area contributed by atoms with E-state index >= 15 is 0 Å². The van der Waals surface area contributed by atoms with Crippen LogP contribution in [0.4, 0.5) is 14.5 Å². The fourth-order valence-electron chi connectivity index (χ4n) is 3.54. The molecule has 144 valence electrons. The number of amides is 1. The van der Waals surface area contributed by atoms with Crippen molar-refractivity contribution in [3.63, 3.8) is 0 Å². The zero-order chi connectivity index (χ0) is 19.4. The Morgan fingerprint density at radius 2 is 1.52 bits per heavy atom. The first-order chi connectivity index (χ1) is 12.9. The monoisotopic (exact) mass is 373 g/mol. The number of halogens is 2. The van der Waals surface area contributed by atoms with Crippen molar-refractivity contribution in [2.24, 2.45) is 0 Å². The molecule has 1 amide bonds. The van der Waals surface area contributed by atoms with Crippen LogP contribution < -0.4 is 10.2 Å². The van der Waals surface area contributed by atoms with E-state index in [2.05, 4.69) is 10.2 Å². The van der Waals surface area contributed by atoms with Crippen molar-refractivity contribution in [1.29, 1.82) is 0 Å². The highest BCUT2D eigenvalue weighted by molar-refractivity contribution is 5.83. The Morgan fingerprint density at radius 1 is 1.00 bits per heavy atom. The van der Waals surface area contributed by atoms with Crippen molar-refractivity contribution >= 4 is 11.6 Å². The summed E-state index contributed by atoms with van der Waals surface area (Å²) in [6.45, 7) is 1.61. The lowest BCUT2D eigenvalue weighted by Gasteiger charge is -2.35. The SMILES string of the molecule is CN(C)[C@H](C(=O)NC1CCN(c2ccc(F)cc2)CC1)c1ccc(F)cc1. The van der Waals surface area contributed by atoms with E-state index in [1.165, 1.54) is 24.3 Å². The normalized spacial score (nSPS) is 16.4. The van der Waals surface area contributed by atoms with Gasteiger partial charge in [-0.15, -0.1) is 0 Å². The Kier molecular flexibility index (Phi) is 6.06. The molecule has 0 saturated carbocycles. The van der Waals surface area contributed by atoms with Crippen LogP contribution >= 0.6 is 0 Å². The number of rotatable bonds is 5. The second kappa shape index (κ2) is 8.48. The summed E-state index contributed by atoms with van der Waals surface area (Å²) in [4.78, 5) is 16.9. The molecule has 0 spiro atoms. The zero-order valence-electron chi connectivity index (χ0n) is 15.7. The van der Waals surface area contributed by atoms with Crippen LogP contribution in [0, 0.1) is 11.6 Å². The van der Waals surface area contributed by atoms with Gasteiger partial charge in [0.25, 0.3) is 0 Å². The summed E-state index contributed by atoms with van der Waals surface area (Å²) in [5, 5.41) is 3.13. The molecule has 1 aliphatic rings. The number of nitrogens with one attached hydrogen (secondary N) is 1. The van der Waals surface area contributed by atoms with Crippen molar-refractivity contribution in [2.75, 3.05) is 32.1 Å². The standard InChI is InChI=1S/C21H25F2N3O/c1-25(2)20(15-3-5-16(22)6-4-15)21(27)24-18-11-13-26(14-12-18)19-9-7-17(23)8-10-19/h3-10,18,20H,11-14H2,1-2H3,(H,24,27)/t20-/m0/s1. The largest absolute Gasteiger partial charge is 0.371 e.